The fourth-order valence-electron chi connectivity index (χ4n) is 2.66. The SMILES string of the molecule is Cc1ccc(S(=O)(=O)N[C@H]2Cc3ccccc3[C@H]2O)cc1. The average molecular weight is 303 g/mol. The van der Waals surface area contributed by atoms with E-state index in [1.807, 2.05) is 31.2 Å². The van der Waals surface area contributed by atoms with Gasteiger partial charge in [-0.2, -0.15) is 0 Å². The average Bonchev–Trinajstić information content (AvgIpc) is 2.76. The second-order valence-electron chi connectivity index (χ2n) is 5.39. The molecule has 5 heteroatoms. The van der Waals surface area contributed by atoms with Crippen molar-refractivity contribution in [2.24, 2.45) is 0 Å². The van der Waals surface area contributed by atoms with Gasteiger partial charge < -0.3 is 5.11 Å². The summed E-state index contributed by atoms with van der Waals surface area (Å²) in [6, 6.07) is 13.6. The molecule has 21 heavy (non-hydrogen) atoms. The van der Waals surface area contributed by atoms with E-state index in [1.54, 1.807) is 24.3 Å². The lowest BCUT2D eigenvalue weighted by molar-refractivity contribution is 0.152. The highest BCUT2D eigenvalue weighted by Crippen LogP contribution is 2.31. The van der Waals surface area contributed by atoms with Crippen molar-refractivity contribution in [1.29, 1.82) is 0 Å². The fourth-order valence-corrected chi connectivity index (χ4v) is 3.91. The van der Waals surface area contributed by atoms with Gasteiger partial charge >= 0.3 is 0 Å². The van der Waals surface area contributed by atoms with Crippen molar-refractivity contribution in [2.75, 3.05) is 0 Å². The van der Waals surface area contributed by atoms with Crippen LogP contribution in [-0.2, 0) is 16.4 Å². The third-order valence-corrected chi connectivity index (χ3v) is 5.34. The Morgan fingerprint density at radius 2 is 1.76 bits per heavy atom. The molecule has 0 aliphatic heterocycles. The number of rotatable bonds is 3. The molecule has 0 saturated carbocycles. The summed E-state index contributed by atoms with van der Waals surface area (Å²) >= 11 is 0. The van der Waals surface area contributed by atoms with E-state index in [2.05, 4.69) is 4.72 Å². The van der Waals surface area contributed by atoms with Gasteiger partial charge in [0.15, 0.2) is 0 Å². The number of nitrogens with one attached hydrogen (secondary N) is 1. The quantitative estimate of drug-likeness (QED) is 0.910. The molecule has 4 nitrogen and oxygen atoms in total. The van der Waals surface area contributed by atoms with E-state index in [0.717, 1.165) is 16.7 Å². The highest BCUT2D eigenvalue weighted by atomic mass is 32.2. The van der Waals surface area contributed by atoms with Crippen LogP contribution in [0, 0.1) is 6.92 Å². The second-order valence-corrected chi connectivity index (χ2v) is 7.10. The Labute approximate surface area is 124 Å². The van der Waals surface area contributed by atoms with Gasteiger partial charge in [-0.25, -0.2) is 13.1 Å². The molecule has 0 aromatic heterocycles. The number of hydrogen-bond donors (Lipinski definition) is 2. The molecule has 110 valence electrons. The lowest BCUT2D eigenvalue weighted by Crippen LogP contribution is -2.37. The van der Waals surface area contributed by atoms with Crippen molar-refractivity contribution in [3.63, 3.8) is 0 Å². The summed E-state index contributed by atoms with van der Waals surface area (Å²) in [4.78, 5) is 0.219. The zero-order valence-electron chi connectivity index (χ0n) is 11.7. The van der Waals surface area contributed by atoms with Crippen molar-refractivity contribution in [3.05, 3.63) is 65.2 Å². The third-order valence-electron chi connectivity index (χ3n) is 3.83. The van der Waals surface area contributed by atoms with Crippen molar-refractivity contribution < 1.29 is 13.5 Å². The van der Waals surface area contributed by atoms with Crippen LogP contribution in [0.5, 0.6) is 0 Å². The molecule has 2 atom stereocenters. The first-order valence-electron chi connectivity index (χ1n) is 6.82. The highest BCUT2D eigenvalue weighted by molar-refractivity contribution is 7.89. The van der Waals surface area contributed by atoms with Crippen LogP contribution in [-0.4, -0.2) is 19.6 Å². The van der Waals surface area contributed by atoms with E-state index in [9.17, 15) is 13.5 Å². The Hall–Kier alpha value is -1.69. The zero-order valence-corrected chi connectivity index (χ0v) is 12.5. The van der Waals surface area contributed by atoms with Crippen LogP contribution in [0.15, 0.2) is 53.4 Å². The van der Waals surface area contributed by atoms with Crippen molar-refractivity contribution in [1.82, 2.24) is 4.72 Å². The largest absolute Gasteiger partial charge is 0.387 e. The molecule has 2 N–H and O–H groups in total. The van der Waals surface area contributed by atoms with Crippen LogP contribution in [0.4, 0.5) is 0 Å². The van der Waals surface area contributed by atoms with E-state index in [-0.39, 0.29) is 4.90 Å². The number of aliphatic hydroxyl groups is 1. The van der Waals surface area contributed by atoms with Crippen molar-refractivity contribution in [2.45, 2.75) is 30.4 Å². The number of aliphatic hydroxyl groups excluding tert-OH is 1. The molecule has 2 aromatic carbocycles. The summed E-state index contributed by atoms with van der Waals surface area (Å²) in [6.45, 7) is 1.90. The van der Waals surface area contributed by atoms with Crippen molar-refractivity contribution >= 4 is 10.0 Å². The smallest absolute Gasteiger partial charge is 0.240 e. The number of sulfonamides is 1. The topological polar surface area (TPSA) is 66.4 Å². The molecular formula is C16H17NO3S. The van der Waals surface area contributed by atoms with Crippen LogP contribution in [0.2, 0.25) is 0 Å². The predicted molar refractivity (Wildman–Crippen MR) is 80.4 cm³/mol. The lowest BCUT2D eigenvalue weighted by Gasteiger charge is -2.17. The van der Waals surface area contributed by atoms with Crippen LogP contribution >= 0.6 is 0 Å². The Bertz CT molecular complexity index is 753. The molecule has 0 spiro atoms. The predicted octanol–water partition coefficient (Wildman–Crippen LogP) is 1.93. The standard InChI is InChI=1S/C16H17NO3S/c1-11-6-8-13(9-7-11)21(19,20)17-15-10-12-4-2-3-5-14(12)16(15)18/h2-9,15-18H,10H2,1H3/t15-,16+/m0/s1. The first-order valence-corrected chi connectivity index (χ1v) is 8.30. The molecule has 0 radical (unpaired) electrons. The fraction of sp³-hybridized carbons (Fsp3) is 0.250. The monoisotopic (exact) mass is 303 g/mol. The van der Waals surface area contributed by atoms with Gasteiger partial charge in [-0.1, -0.05) is 42.0 Å². The minimum absolute atomic E-state index is 0.219. The highest BCUT2D eigenvalue weighted by Gasteiger charge is 2.33. The zero-order chi connectivity index (χ0) is 15.0. The Balaban J connectivity index is 1.83. The summed E-state index contributed by atoms with van der Waals surface area (Å²) in [5.74, 6) is 0. The van der Waals surface area contributed by atoms with E-state index in [0.29, 0.717) is 6.42 Å². The number of benzene rings is 2. The van der Waals surface area contributed by atoms with Gasteiger partial charge in [0.05, 0.1) is 17.0 Å². The Kier molecular flexibility index (Phi) is 3.57. The van der Waals surface area contributed by atoms with Gasteiger partial charge in [0.1, 0.15) is 0 Å². The van der Waals surface area contributed by atoms with E-state index in [1.165, 1.54) is 0 Å². The van der Waals surface area contributed by atoms with Gasteiger partial charge in [-0.15, -0.1) is 0 Å². The summed E-state index contributed by atoms with van der Waals surface area (Å²) < 4.78 is 27.4. The summed E-state index contributed by atoms with van der Waals surface area (Å²) in [7, 11) is -3.62. The van der Waals surface area contributed by atoms with Gasteiger partial charge in [-0.3, -0.25) is 0 Å². The van der Waals surface area contributed by atoms with Gasteiger partial charge in [0.2, 0.25) is 10.0 Å². The minimum Gasteiger partial charge on any atom is -0.387 e. The van der Waals surface area contributed by atoms with Crippen LogP contribution in [0.25, 0.3) is 0 Å². The molecule has 0 saturated heterocycles. The normalized spacial score (nSPS) is 21.2. The van der Waals surface area contributed by atoms with E-state index < -0.39 is 22.2 Å². The van der Waals surface area contributed by atoms with Crippen molar-refractivity contribution in [3.8, 4) is 0 Å². The molecule has 1 aliphatic rings. The molecule has 0 amide bonds. The second kappa shape index (κ2) is 5.26. The molecule has 3 rings (SSSR count). The minimum atomic E-state index is -3.62. The van der Waals surface area contributed by atoms with Gasteiger partial charge in [-0.05, 0) is 36.6 Å². The number of hydrogen-bond acceptors (Lipinski definition) is 3. The summed E-state index contributed by atoms with van der Waals surface area (Å²) in [6.07, 6.45) is -0.302. The van der Waals surface area contributed by atoms with E-state index >= 15 is 0 Å². The summed E-state index contributed by atoms with van der Waals surface area (Å²) in [5, 5.41) is 10.3. The molecule has 1 aliphatic carbocycles. The van der Waals surface area contributed by atoms with E-state index in [4.69, 9.17) is 0 Å². The molecule has 0 fully saturated rings. The maximum Gasteiger partial charge on any atom is 0.240 e. The van der Waals surface area contributed by atoms with Crippen LogP contribution in [0.1, 0.15) is 22.8 Å². The first kappa shape index (κ1) is 14.3. The maximum absolute atomic E-state index is 12.4. The molecule has 2 aromatic rings. The lowest BCUT2D eigenvalue weighted by atomic mass is 10.1. The number of aryl methyl sites for hydroxylation is 1. The Morgan fingerprint density at radius 1 is 1.10 bits per heavy atom. The molecule has 0 heterocycles. The molecule has 0 bridgehead atoms. The van der Waals surface area contributed by atoms with Crippen LogP contribution in [0.3, 0.4) is 0 Å². The Morgan fingerprint density at radius 3 is 2.43 bits per heavy atom. The molecule has 0 unspecified atom stereocenters. The first-order chi connectivity index (χ1) is 9.97. The van der Waals surface area contributed by atoms with Crippen LogP contribution < -0.4 is 4.72 Å². The summed E-state index contributed by atoms with van der Waals surface area (Å²) in [5.41, 5.74) is 2.79. The third kappa shape index (κ3) is 2.72. The van der Waals surface area contributed by atoms with Gasteiger partial charge in [0.25, 0.3) is 0 Å². The maximum atomic E-state index is 12.4. The number of fused-ring (bicyclic) bond motifs is 1. The van der Waals surface area contributed by atoms with Gasteiger partial charge in [0, 0.05) is 0 Å². The molecular weight excluding hydrogens is 286 g/mol.